The fourth-order valence-electron chi connectivity index (χ4n) is 0.930. The van der Waals surface area contributed by atoms with E-state index >= 15 is 0 Å². The van der Waals surface area contributed by atoms with Gasteiger partial charge in [0.25, 0.3) is 0 Å². The quantitative estimate of drug-likeness (QED) is 0.354. The molecule has 0 aromatic heterocycles. The van der Waals surface area contributed by atoms with Crippen molar-refractivity contribution in [3.63, 3.8) is 0 Å². The summed E-state index contributed by atoms with van der Waals surface area (Å²) in [5.41, 5.74) is 10.5. The molecule has 0 bridgehead atoms. The number of nitrogens with two attached hydrogens (primary N) is 2. The van der Waals surface area contributed by atoms with E-state index in [9.17, 15) is 4.79 Å². The Balaban J connectivity index is 0. The van der Waals surface area contributed by atoms with Gasteiger partial charge in [0.15, 0.2) is 0 Å². The molecule has 1 aromatic rings. The Morgan fingerprint density at radius 3 is 2.05 bits per heavy atom. The second kappa shape index (κ2) is 12.4. The zero-order valence-corrected chi connectivity index (χ0v) is 11.9. The molecular weight excluding hydrogens is 259 g/mol. The fraction of sp³-hybridized carbons (Fsp3) is 0.308. The van der Waals surface area contributed by atoms with Crippen LogP contribution in [0.3, 0.4) is 0 Å². The zero-order chi connectivity index (χ0) is 16.1. The van der Waals surface area contributed by atoms with Gasteiger partial charge in [0.05, 0.1) is 6.61 Å². The molecule has 6 nitrogen and oxygen atoms in total. The average Bonchev–Trinajstić information content (AvgIpc) is 2.38. The molecule has 7 heteroatoms. The molecule has 7 N–H and O–H groups in total. The number of hydrogen-bond acceptors (Lipinski definition) is 5. The summed E-state index contributed by atoms with van der Waals surface area (Å²) in [7, 11) is -1.50. The van der Waals surface area contributed by atoms with Gasteiger partial charge >= 0.3 is 7.12 Å². The molecule has 0 aliphatic rings. The summed E-state index contributed by atoms with van der Waals surface area (Å²) in [6, 6.07) is 6.97. The summed E-state index contributed by atoms with van der Waals surface area (Å²) in [6.07, 6.45) is 1.06. The van der Waals surface area contributed by atoms with Gasteiger partial charge in [-0.1, -0.05) is 44.7 Å². The van der Waals surface area contributed by atoms with Crippen molar-refractivity contribution in [1.82, 2.24) is 0 Å². The third kappa shape index (κ3) is 12.8. The monoisotopic (exact) mass is 282 g/mol. The lowest BCUT2D eigenvalue weighted by molar-refractivity contribution is -0.113. The maximum Gasteiger partial charge on any atom is 0.488 e. The number of aliphatic hydroxyl groups is 1. The lowest BCUT2D eigenvalue weighted by Gasteiger charge is -2.03. The van der Waals surface area contributed by atoms with Crippen molar-refractivity contribution in [3.05, 3.63) is 42.5 Å². The van der Waals surface area contributed by atoms with Gasteiger partial charge in [-0.3, -0.25) is 4.79 Å². The molecule has 1 rings (SSSR count). The van der Waals surface area contributed by atoms with Crippen molar-refractivity contribution in [1.29, 1.82) is 0 Å². The predicted octanol–water partition coefficient (Wildman–Crippen LogP) is -1.13. The van der Waals surface area contributed by atoms with Gasteiger partial charge in [0.1, 0.15) is 0 Å². The summed E-state index contributed by atoms with van der Waals surface area (Å²) in [6.45, 7) is 6.80. The summed E-state index contributed by atoms with van der Waals surface area (Å²) in [5.74, 6) is -0.481. The van der Waals surface area contributed by atoms with Crippen LogP contribution in [-0.2, 0) is 11.4 Å². The summed E-state index contributed by atoms with van der Waals surface area (Å²) in [4.78, 5) is 9.47. The van der Waals surface area contributed by atoms with Crippen LogP contribution in [0.1, 0.15) is 19.4 Å². The number of primary amides is 1. The van der Waals surface area contributed by atoms with Crippen molar-refractivity contribution in [2.45, 2.75) is 26.5 Å². The molecule has 0 spiro atoms. The molecule has 112 valence electrons. The lowest BCUT2D eigenvalue weighted by atomic mass is 9.77. The van der Waals surface area contributed by atoms with Gasteiger partial charge in [-0.25, -0.2) is 0 Å². The average molecular weight is 282 g/mol. The third-order valence-electron chi connectivity index (χ3n) is 1.70. The Hall–Kier alpha value is -1.67. The van der Waals surface area contributed by atoms with E-state index in [-0.39, 0.29) is 6.61 Å². The molecule has 0 saturated carbocycles. The first-order valence-corrected chi connectivity index (χ1v) is 5.98. The molecule has 0 atom stereocenters. The molecular formula is C13H23BN2O4. The molecule has 0 heterocycles. The van der Waals surface area contributed by atoms with Crippen LogP contribution in [0.25, 0.3) is 0 Å². The summed E-state index contributed by atoms with van der Waals surface area (Å²) in [5, 5.41) is 26.3. The third-order valence-corrected chi connectivity index (χ3v) is 1.70. The highest BCUT2D eigenvalue weighted by molar-refractivity contribution is 6.59. The van der Waals surface area contributed by atoms with Crippen LogP contribution >= 0.6 is 0 Å². The van der Waals surface area contributed by atoms with Crippen LogP contribution < -0.4 is 16.9 Å². The minimum Gasteiger partial charge on any atom is -0.423 e. The van der Waals surface area contributed by atoms with Crippen LogP contribution in [0.4, 0.5) is 0 Å². The maximum atomic E-state index is 9.47. The number of hydrogen-bond donors (Lipinski definition) is 5. The van der Waals surface area contributed by atoms with E-state index in [0.29, 0.717) is 17.1 Å². The lowest BCUT2D eigenvalue weighted by Crippen LogP contribution is -2.32. The van der Waals surface area contributed by atoms with Crippen LogP contribution in [0.15, 0.2) is 36.9 Å². The number of aliphatic hydroxyl groups excluding tert-OH is 1. The van der Waals surface area contributed by atoms with E-state index in [1.165, 1.54) is 0 Å². The van der Waals surface area contributed by atoms with Crippen LogP contribution in [0.2, 0.25) is 0 Å². The Morgan fingerprint density at radius 1 is 1.40 bits per heavy atom. The molecule has 0 unspecified atom stereocenters. The van der Waals surface area contributed by atoms with Gasteiger partial charge in [0, 0.05) is 0 Å². The highest BCUT2D eigenvalue weighted by atomic mass is 16.4. The van der Waals surface area contributed by atoms with E-state index < -0.39 is 13.0 Å². The minimum atomic E-state index is -1.50. The molecule has 1 amide bonds. The molecule has 0 radical (unpaired) electrons. The first-order valence-electron chi connectivity index (χ1n) is 5.98. The van der Waals surface area contributed by atoms with Crippen molar-refractivity contribution in [3.8, 4) is 0 Å². The van der Waals surface area contributed by atoms with E-state index in [0.717, 1.165) is 6.08 Å². The largest absolute Gasteiger partial charge is 0.488 e. The standard InChI is InChI=1S/C7H9BO3.C3H5NO.C3H9N/c9-5-6-3-1-2-4-7(6)8(10)11;1-2-3(4)5;1-3(2)4/h1-4,9-11H,5H2;2H,1H2,(H2,4,5);3H,4H2,1-2H3. The first kappa shape index (κ1) is 20.6. The van der Waals surface area contributed by atoms with Crippen molar-refractivity contribution in [2.24, 2.45) is 11.5 Å². The van der Waals surface area contributed by atoms with E-state index in [4.69, 9.17) is 20.9 Å². The topological polar surface area (TPSA) is 130 Å². The first-order chi connectivity index (χ1) is 9.26. The van der Waals surface area contributed by atoms with E-state index in [1.54, 1.807) is 24.3 Å². The van der Waals surface area contributed by atoms with E-state index in [2.05, 4.69) is 12.3 Å². The molecule has 0 aliphatic carbocycles. The van der Waals surface area contributed by atoms with Gasteiger partial charge < -0.3 is 26.6 Å². The van der Waals surface area contributed by atoms with Crippen LogP contribution in [0, 0.1) is 0 Å². The van der Waals surface area contributed by atoms with Crippen molar-refractivity contribution in [2.75, 3.05) is 0 Å². The number of rotatable bonds is 3. The Labute approximate surface area is 119 Å². The highest BCUT2D eigenvalue weighted by Crippen LogP contribution is 1.95. The Morgan fingerprint density at radius 2 is 1.80 bits per heavy atom. The highest BCUT2D eigenvalue weighted by Gasteiger charge is 2.13. The van der Waals surface area contributed by atoms with Gasteiger partial charge in [-0.15, -0.1) is 0 Å². The summed E-state index contributed by atoms with van der Waals surface area (Å²) >= 11 is 0. The van der Waals surface area contributed by atoms with Crippen LogP contribution in [-0.4, -0.2) is 34.2 Å². The van der Waals surface area contributed by atoms with Gasteiger partial charge in [-0.2, -0.15) is 0 Å². The second-order valence-electron chi connectivity index (χ2n) is 4.08. The molecule has 0 fully saturated rings. The molecule has 1 aromatic carbocycles. The molecule has 0 aliphatic heterocycles. The minimum absolute atomic E-state index is 0.173. The number of benzene rings is 1. The van der Waals surface area contributed by atoms with Gasteiger partial charge in [0.2, 0.25) is 5.91 Å². The van der Waals surface area contributed by atoms with Crippen molar-refractivity contribution < 1.29 is 19.9 Å². The fourth-order valence-corrected chi connectivity index (χ4v) is 0.930. The van der Waals surface area contributed by atoms with E-state index in [1.807, 2.05) is 13.8 Å². The Bertz CT molecular complexity index is 395. The summed E-state index contributed by atoms with van der Waals surface area (Å²) < 4.78 is 0. The number of carbonyl (C=O) groups is 1. The smallest absolute Gasteiger partial charge is 0.423 e. The Kier molecular flexibility index (Phi) is 12.8. The number of amides is 1. The maximum absolute atomic E-state index is 9.47. The normalized spacial score (nSPS) is 8.75. The predicted molar refractivity (Wildman–Crippen MR) is 80.9 cm³/mol. The number of carbonyl (C=O) groups excluding carboxylic acids is 1. The van der Waals surface area contributed by atoms with Crippen LogP contribution in [0.5, 0.6) is 0 Å². The van der Waals surface area contributed by atoms with Gasteiger partial charge in [-0.05, 0) is 23.1 Å². The molecule has 0 saturated heterocycles. The van der Waals surface area contributed by atoms with Crippen molar-refractivity contribution >= 4 is 18.5 Å². The second-order valence-corrected chi connectivity index (χ2v) is 4.08. The zero-order valence-electron chi connectivity index (χ0n) is 11.9. The SMILES string of the molecule is C=CC(N)=O.CC(C)N.OCc1ccccc1B(O)O. The molecule has 20 heavy (non-hydrogen) atoms.